The summed E-state index contributed by atoms with van der Waals surface area (Å²) in [6.07, 6.45) is 2.73. The Morgan fingerprint density at radius 2 is 1.75 bits per heavy atom. The maximum absolute atomic E-state index is 14.6. The second-order valence-corrected chi connectivity index (χ2v) is 9.56. The Bertz CT molecular complexity index is 1210. The van der Waals surface area contributed by atoms with E-state index >= 15 is 0 Å². The van der Waals surface area contributed by atoms with Gasteiger partial charge in [0.05, 0.1) is 11.4 Å². The van der Waals surface area contributed by atoms with Crippen LogP contribution in [0.2, 0.25) is 0 Å². The predicted octanol–water partition coefficient (Wildman–Crippen LogP) is 3.14. The highest BCUT2D eigenvalue weighted by atomic mass is 32.2. The molecule has 1 aliphatic heterocycles. The van der Waals surface area contributed by atoms with Gasteiger partial charge in [-0.05, 0) is 36.8 Å². The van der Waals surface area contributed by atoms with E-state index in [-0.39, 0.29) is 22.6 Å². The van der Waals surface area contributed by atoms with Crippen molar-refractivity contribution in [1.29, 1.82) is 0 Å². The van der Waals surface area contributed by atoms with Crippen LogP contribution in [-0.2, 0) is 16.6 Å². The summed E-state index contributed by atoms with van der Waals surface area (Å²) in [5.74, 6) is -1.56. The van der Waals surface area contributed by atoms with Crippen molar-refractivity contribution in [3.63, 3.8) is 0 Å². The number of halogens is 2. The normalized spacial score (nSPS) is 16.2. The first-order valence-electron chi connectivity index (χ1n) is 10.1. The second-order valence-electron chi connectivity index (χ2n) is 7.48. The maximum atomic E-state index is 14.6. The third kappa shape index (κ3) is 4.56. The van der Waals surface area contributed by atoms with Crippen LogP contribution in [0, 0.1) is 11.6 Å². The van der Waals surface area contributed by atoms with Gasteiger partial charge in [-0.25, -0.2) is 26.9 Å². The van der Waals surface area contributed by atoms with E-state index in [4.69, 9.17) is 0 Å². The van der Waals surface area contributed by atoms with E-state index in [1.165, 1.54) is 34.6 Å². The SMILES string of the molecule is CC(=C(Cn1cncn1)c1ccc(F)cc1F)S(=O)(=O)N1CCN(c2ccccc2)CC1. The summed E-state index contributed by atoms with van der Waals surface area (Å²) in [7, 11) is -3.88. The Morgan fingerprint density at radius 3 is 2.38 bits per heavy atom. The third-order valence-corrected chi connectivity index (χ3v) is 7.62. The van der Waals surface area contributed by atoms with Crippen LogP contribution in [0.15, 0.2) is 66.1 Å². The molecule has 4 rings (SSSR count). The number of rotatable bonds is 6. The number of hydrogen-bond acceptors (Lipinski definition) is 5. The summed E-state index contributed by atoms with van der Waals surface area (Å²) in [6.45, 7) is 3.12. The van der Waals surface area contributed by atoms with Crippen LogP contribution < -0.4 is 4.90 Å². The number of para-hydroxylation sites is 1. The zero-order chi connectivity index (χ0) is 22.7. The molecule has 0 radical (unpaired) electrons. The molecule has 10 heteroatoms. The van der Waals surface area contributed by atoms with Crippen molar-refractivity contribution in [2.75, 3.05) is 31.1 Å². The van der Waals surface area contributed by atoms with E-state index in [2.05, 4.69) is 15.0 Å². The molecule has 0 atom stereocenters. The van der Waals surface area contributed by atoms with Crippen LogP contribution in [0.3, 0.4) is 0 Å². The molecule has 2 aromatic carbocycles. The molecule has 0 spiro atoms. The van der Waals surface area contributed by atoms with Gasteiger partial charge in [0.2, 0.25) is 10.0 Å². The fourth-order valence-corrected chi connectivity index (χ4v) is 5.29. The van der Waals surface area contributed by atoms with Crippen LogP contribution in [0.1, 0.15) is 12.5 Å². The number of aromatic nitrogens is 3. The topological polar surface area (TPSA) is 71.3 Å². The minimum absolute atomic E-state index is 0.00618. The van der Waals surface area contributed by atoms with Gasteiger partial charge in [0.1, 0.15) is 24.3 Å². The van der Waals surface area contributed by atoms with Crippen LogP contribution in [0.5, 0.6) is 0 Å². The Hall–Kier alpha value is -3.11. The number of piperazine rings is 1. The first kappa shape index (κ1) is 22.1. The molecule has 0 amide bonds. The molecule has 7 nitrogen and oxygen atoms in total. The molecule has 1 saturated heterocycles. The maximum Gasteiger partial charge on any atom is 0.239 e. The predicted molar refractivity (Wildman–Crippen MR) is 118 cm³/mol. The van der Waals surface area contributed by atoms with E-state index in [9.17, 15) is 17.2 Å². The van der Waals surface area contributed by atoms with E-state index in [0.717, 1.165) is 17.8 Å². The lowest BCUT2D eigenvalue weighted by molar-refractivity contribution is 0.388. The Labute approximate surface area is 185 Å². The number of hydrogen-bond donors (Lipinski definition) is 0. The van der Waals surface area contributed by atoms with E-state index in [1.807, 2.05) is 30.3 Å². The first-order valence-corrected chi connectivity index (χ1v) is 11.6. The molecule has 0 aliphatic carbocycles. The van der Waals surface area contributed by atoms with Crippen LogP contribution in [0.25, 0.3) is 5.57 Å². The molecule has 168 valence electrons. The highest BCUT2D eigenvalue weighted by molar-refractivity contribution is 7.93. The summed E-state index contributed by atoms with van der Waals surface area (Å²) in [4.78, 5) is 6.00. The minimum atomic E-state index is -3.88. The number of nitrogens with zero attached hydrogens (tertiary/aromatic N) is 5. The van der Waals surface area contributed by atoms with Gasteiger partial charge in [-0.3, -0.25) is 0 Å². The van der Waals surface area contributed by atoms with Crippen molar-refractivity contribution in [2.24, 2.45) is 0 Å². The Morgan fingerprint density at radius 1 is 1.03 bits per heavy atom. The van der Waals surface area contributed by atoms with Gasteiger partial charge in [-0.2, -0.15) is 9.40 Å². The summed E-state index contributed by atoms with van der Waals surface area (Å²) >= 11 is 0. The lowest BCUT2D eigenvalue weighted by Gasteiger charge is -2.35. The van der Waals surface area contributed by atoms with Crippen LogP contribution in [0.4, 0.5) is 14.5 Å². The molecule has 0 bridgehead atoms. The molecule has 0 N–H and O–H groups in total. The van der Waals surface area contributed by atoms with Crippen molar-refractivity contribution in [2.45, 2.75) is 13.5 Å². The molecule has 0 unspecified atom stereocenters. The molecule has 1 aromatic heterocycles. The van der Waals surface area contributed by atoms with Crippen molar-refractivity contribution in [1.82, 2.24) is 19.1 Å². The molecular formula is C22H23F2N5O2S. The molecule has 0 saturated carbocycles. The fourth-order valence-electron chi connectivity index (χ4n) is 3.77. The monoisotopic (exact) mass is 459 g/mol. The van der Waals surface area contributed by atoms with Crippen LogP contribution in [-0.4, -0.2) is 53.7 Å². The highest BCUT2D eigenvalue weighted by Gasteiger charge is 2.31. The van der Waals surface area contributed by atoms with Gasteiger partial charge < -0.3 is 4.90 Å². The lowest BCUT2D eigenvalue weighted by atomic mass is 10.0. The average Bonchev–Trinajstić information content (AvgIpc) is 3.31. The van der Waals surface area contributed by atoms with Gasteiger partial charge >= 0.3 is 0 Å². The molecule has 1 aliphatic rings. The van der Waals surface area contributed by atoms with Crippen LogP contribution >= 0.6 is 0 Å². The number of anilines is 1. The smallest absolute Gasteiger partial charge is 0.239 e. The van der Waals surface area contributed by atoms with Gasteiger partial charge in [0.15, 0.2) is 0 Å². The van der Waals surface area contributed by atoms with Crippen molar-refractivity contribution >= 4 is 21.3 Å². The van der Waals surface area contributed by atoms with Gasteiger partial charge in [-0.1, -0.05) is 18.2 Å². The third-order valence-electron chi connectivity index (χ3n) is 5.55. The summed E-state index contributed by atoms with van der Waals surface area (Å²) in [5.41, 5.74) is 1.27. The molecule has 1 fully saturated rings. The summed E-state index contributed by atoms with van der Waals surface area (Å²) in [5, 5.41) is 4.01. The zero-order valence-electron chi connectivity index (χ0n) is 17.5. The Kier molecular flexibility index (Phi) is 6.33. The van der Waals surface area contributed by atoms with E-state index < -0.39 is 21.7 Å². The molecule has 32 heavy (non-hydrogen) atoms. The average molecular weight is 460 g/mol. The Balaban J connectivity index is 1.65. The minimum Gasteiger partial charge on any atom is -0.369 e. The number of sulfonamides is 1. The van der Waals surface area contributed by atoms with Gasteiger partial charge in [0, 0.05) is 43.5 Å². The highest BCUT2D eigenvalue weighted by Crippen LogP contribution is 2.29. The standard InChI is InChI=1S/C22H23F2N5O2S/c1-17(21(14-28-16-25-15-26-28)20-8-7-18(23)13-22(20)24)32(30,31)29-11-9-27(10-12-29)19-5-3-2-4-6-19/h2-8,13,15-16H,9-12,14H2,1H3. The fraction of sp³-hybridized carbons (Fsp3) is 0.273. The first-order chi connectivity index (χ1) is 15.4. The van der Waals surface area contributed by atoms with Crippen molar-refractivity contribution in [3.8, 4) is 0 Å². The zero-order valence-corrected chi connectivity index (χ0v) is 18.3. The largest absolute Gasteiger partial charge is 0.369 e. The van der Waals surface area contributed by atoms with Crippen molar-refractivity contribution in [3.05, 3.63) is 83.3 Å². The summed E-state index contributed by atoms with van der Waals surface area (Å²) < 4.78 is 57.8. The van der Waals surface area contributed by atoms with Gasteiger partial charge in [-0.15, -0.1) is 0 Å². The molecular weight excluding hydrogens is 436 g/mol. The number of allylic oxidation sites excluding steroid dienone is 2. The number of benzene rings is 2. The second kappa shape index (κ2) is 9.17. The molecule has 3 aromatic rings. The lowest BCUT2D eigenvalue weighted by Crippen LogP contribution is -2.48. The van der Waals surface area contributed by atoms with E-state index in [0.29, 0.717) is 26.2 Å². The quantitative estimate of drug-likeness (QED) is 0.566. The van der Waals surface area contributed by atoms with Crippen molar-refractivity contribution < 1.29 is 17.2 Å². The summed E-state index contributed by atoms with van der Waals surface area (Å²) in [6, 6.07) is 12.9. The molecule has 2 heterocycles. The van der Waals surface area contributed by atoms with Gasteiger partial charge in [0.25, 0.3) is 0 Å². The van der Waals surface area contributed by atoms with E-state index in [1.54, 1.807) is 0 Å².